The molecule has 0 spiro atoms. The third-order valence-electron chi connectivity index (χ3n) is 2.65. The first-order valence-electron chi connectivity index (χ1n) is 5.39. The maximum absolute atomic E-state index is 9.66. The molecule has 3 atom stereocenters. The molecule has 2 N–H and O–H groups in total. The van der Waals surface area contributed by atoms with E-state index in [9.17, 15) is 5.11 Å². The van der Waals surface area contributed by atoms with Crippen molar-refractivity contribution in [2.45, 2.75) is 28.1 Å². The van der Waals surface area contributed by atoms with Crippen LogP contribution >= 0.6 is 23.5 Å². The van der Waals surface area contributed by atoms with Gasteiger partial charge in [0.2, 0.25) is 0 Å². The van der Waals surface area contributed by atoms with Crippen molar-refractivity contribution >= 4 is 23.5 Å². The van der Waals surface area contributed by atoms with E-state index in [1.54, 1.807) is 11.8 Å². The average molecular weight is 256 g/mol. The Labute approximate surface area is 104 Å². The normalized spacial score (nSPS) is 29.5. The van der Waals surface area contributed by atoms with Crippen LogP contribution in [0.4, 0.5) is 0 Å². The molecule has 1 aromatic rings. The topological polar surface area (TPSA) is 40.5 Å². The van der Waals surface area contributed by atoms with Crippen LogP contribution in [0.5, 0.6) is 0 Å². The second-order valence-corrected chi connectivity index (χ2v) is 6.82. The van der Waals surface area contributed by atoms with Crippen molar-refractivity contribution in [1.82, 2.24) is 0 Å². The van der Waals surface area contributed by atoms with Crippen molar-refractivity contribution in [1.29, 1.82) is 0 Å². The Morgan fingerprint density at radius 1 is 1.31 bits per heavy atom. The third-order valence-corrected chi connectivity index (χ3v) is 5.76. The van der Waals surface area contributed by atoms with Gasteiger partial charge in [-0.15, -0.1) is 23.5 Å². The fourth-order valence-corrected chi connectivity index (χ4v) is 4.65. The zero-order chi connectivity index (χ0) is 11.4. The first-order valence-corrected chi connectivity index (χ1v) is 7.38. The summed E-state index contributed by atoms with van der Waals surface area (Å²) in [6.07, 6.45) is 0.441. The number of aliphatic hydroxyl groups excluding tert-OH is 2. The Morgan fingerprint density at radius 2 is 2.06 bits per heavy atom. The summed E-state index contributed by atoms with van der Waals surface area (Å²) in [5.74, 6) is 0.976. The van der Waals surface area contributed by atoms with Crippen LogP contribution in [0.2, 0.25) is 0 Å². The predicted octanol–water partition coefficient (Wildman–Crippen LogP) is 2.10. The van der Waals surface area contributed by atoms with Crippen molar-refractivity contribution in [2.75, 3.05) is 6.61 Å². The molecule has 0 saturated carbocycles. The van der Waals surface area contributed by atoms with Crippen LogP contribution in [-0.2, 0) is 5.75 Å². The largest absolute Gasteiger partial charge is 0.395 e. The van der Waals surface area contributed by atoms with Gasteiger partial charge < -0.3 is 10.2 Å². The fourth-order valence-electron chi connectivity index (χ4n) is 1.73. The molecule has 1 unspecified atom stereocenters. The minimum atomic E-state index is -0.344. The molecule has 16 heavy (non-hydrogen) atoms. The summed E-state index contributed by atoms with van der Waals surface area (Å²) in [4.78, 5) is 0. The lowest BCUT2D eigenvalue weighted by Gasteiger charge is -2.09. The van der Waals surface area contributed by atoms with Gasteiger partial charge in [0.15, 0.2) is 0 Å². The Kier molecular flexibility index (Phi) is 4.58. The third kappa shape index (κ3) is 3.17. The number of rotatable bonds is 4. The predicted molar refractivity (Wildman–Crippen MR) is 70.6 cm³/mol. The Morgan fingerprint density at radius 3 is 2.69 bits per heavy atom. The van der Waals surface area contributed by atoms with E-state index in [0.29, 0.717) is 4.58 Å². The molecule has 1 aliphatic rings. The van der Waals surface area contributed by atoms with E-state index in [0.717, 1.165) is 12.2 Å². The van der Waals surface area contributed by atoms with Crippen LogP contribution in [-0.4, -0.2) is 32.8 Å². The quantitative estimate of drug-likeness (QED) is 0.865. The van der Waals surface area contributed by atoms with Gasteiger partial charge in [-0.3, -0.25) is 0 Å². The Balaban J connectivity index is 1.80. The molecule has 0 aliphatic carbocycles. The summed E-state index contributed by atoms with van der Waals surface area (Å²) in [6.45, 7) is 0.0776. The van der Waals surface area contributed by atoms with Crippen molar-refractivity contribution in [2.24, 2.45) is 0 Å². The van der Waals surface area contributed by atoms with Crippen LogP contribution in [0.25, 0.3) is 0 Å². The van der Waals surface area contributed by atoms with Crippen molar-refractivity contribution in [3.8, 4) is 0 Å². The second-order valence-electron chi connectivity index (χ2n) is 3.89. The molecule has 88 valence electrons. The smallest absolute Gasteiger partial charge is 0.0700 e. The van der Waals surface area contributed by atoms with Crippen LogP contribution in [0.15, 0.2) is 30.3 Å². The lowest BCUT2D eigenvalue weighted by Crippen LogP contribution is -2.20. The lowest BCUT2D eigenvalue weighted by molar-refractivity contribution is 0.144. The van der Waals surface area contributed by atoms with Crippen LogP contribution in [0.3, 0.4) is 0 Å². The number of thioether (sulfide) groups is 2. The van der Waals surface area contributed by atoms with E-state index >= 15 is 0 Å². The highest BCUT2D eigenvalue weighted by Crippen LogP contribution is 2.41. The standard InChI is InChI=1S/C12H16O2S2/c13-7-11-10(14)6-12(16-11)15-8-9-4-2-1-3-5-9/h1-5,10-14H,6-8H2/t10-,11+,12?/m0/s1. The monoisotopic (exact) mass is 256 g/mol. The van der Waals surface area contributed by atoms with E-state index in [-0.39, 0.29) is 18.0 Å². The van der Waals surface area contributed by atoms with Gasteiger partial charge in [-0.2, -0.15) is 0 Å². The number of aliphatic hydroxyl groups is 2. The number of hydrogen-bond acceptors (Lipinski definition) is 4. The van der Waals surface area contributed by atoms with E-state index in [4.69, 9.17) is 5.11 Å². The molecule has 1 aliphatic heterocycles. The lowest BCUT2D eigenvalue weighted by atomic mass is 10.2. The maximum atomic E-state index is 9.66. The van der Waals surface area contributed by atoms with Gasteiger partial charge >= 0.3 is 0 Å². The average Bonchev–Trinajstić information content (AvgIpc) is 2.69. The molecule has 4 heteroatoms. The minimum Gasteiger partial charge on any atom is -0.395 e. The summed E-state index contributed by atoms with van der Waals surface area (Å²) in [5, 5.41) is 18.7. The summed E-state index contributed by atoms with van der Waals surface area (Å²) in [7, 11) is 0. The Hall–Kier alpha value is -0.160. The van der Waals surface area contributed by atoms with Crippen molar-refractivity contribution < 1.29 is 10.2 Å². The molecule has 1 aromatic carbocycles. The highest BCUT2D eigenvalue weighted by atomic mass is 32.2. The molecule has 0 amide bonds. The summed E-state index contributed by atoms with van der Waals surface area (Å²) in [6, 6.07) is 10.3. The number of hydrogen-bond donors (Lipinski definition) is 2. The van der Waals surface area contributed by atoms with Gasteiger partial charge in [0.1, 0.15) is 0 Å². The summed E-state index contributed by atoms with van der Waals surface area (Å²) in [5.41, 5.74) is 1.31. The van der Waals surface area contributed by atoms with Crippen molar-refractivity contribution in [3.05, 3.63) is 35.9 Å². The molecule has 2 rings (SSSR count). The zero-order valence-corrected chi connectivity index (χ0v) is 10.6. The van der Waals surface area contributed by atoms with E-state index < -0.39 is 0 Å². The summed E-state index contributed by atoms with van der Waals surface area (Å²) >= 11 is 3.55. The minimum absolute atomic E-state index is 0.00766. The SMILES string of the molecule is OC[C@H]1SC(SCc2ccccc2)C[C@@H]1O. The van der Waals surface area contributed by atoms with Crippen LogP contribution in [0.1, 0.15) is 12.0 Å². The molecule has 0 aromatic heterocycles. The second kappa shape index (κ2) is 5.96. The molecule has 0 radical (unpaired) electrons. The molecule has 1 heterocycles. The van der Waals surface area contributed by atoms with Crippen LogP contribution in [0, 0.1) is 0 Å². The van der Waals surface area contributed by atoms with E-state index in [1.807, 2.05) is 30.0 Å². The van der Waals surface area contributed by atoms with Gasteiger partial charge in [-0.1, -0.05) is 30.3 Å². The first kappa shape index (κ1) is 12.3. The Bertz CT molecular complexity index is 318. The van der Waals surface area contributed by atoms with Gasteiger partial charge in [0.25, 0.3) is 0 Å². The van der Waals surface area contributed by atoms with E-state index in [2.05, 4.69) is 12.1 Å². The van der Waals surface area contributed by atoms with Gasteiger partial charge in [-0.05, 0) is 12.0 Å². The number of benzene rings is 1. The molecular weight excluding hydrogens is 240 g/mol. The van der Waals surface area contributed by atoms with Crippen LogP contribution < -0.4 is 0 Å². The van der Waals surface area contributed by atoms with Gasteiger partial charge in [-0.25, -0.2) is 0 Å². The zero-order valence-electron chi connectivity index (χ0n) is 8.95. The van der Waals surface area contributed by atoms with E-state index in [1.165, 1.54) is 5.56 Å². The fraction of sp³-hybridized carbons (Fsp3) is 0.500. The van der Waals surface area contributed by atoms with Gasteiger partial charge in [0, 0.05) is 5.75 Å². The highest BCUT2D eigenvalue weighted by Gasteiger charge is 2.33. The molecular formula is C12H16O2S2. The van der Waals surface area contributed by atoms with Gasteiger partial charge in [0.05, 0.1) is 22.5 Å². The highest BCUT2D eigenvalue weighted by molar-refractivity contribution is 8.17. The molecule has 2 nitrogen and oxygen atoms in total. The maximum Gasteiger partial charge on any atom is 0.0700 e. The van der Waals surface area contributed by atoms with Crippen molar-refractivity contribution in [3.63, 3.8) is 0 Å². The summed E-state index contributed by atoms with van der Waals surface area (Å²) < 4.78 is 0.410. The first-order chi connectivity index (χ1) is 7.79. The molecule has 1 fully saturated rings. The molecule has 0 bridgehead atoms. The molecule has 1 saturated heterocycles.